The number of aliphatic imine (C=N–C) groups is 1. The lowest BCUT2D eigenvalue weighted by molar-refractivity contribution is -0.121. The molecule has 0 spiro atoms. The number of fused-ring (bicyclic) bond motifs is 3. The second kappa shape index (κ2) is 12.7. The molecule has 214 valence electrons. The average Bonchev–Trinajstić information content (AvgIpc) is 3.30. The Kier molecular flexibility index (Phi) is 8.82. The summed E-state index contributed by atoms with van der Waals surface area (Å²) in [5.41, 5.74) is 5.06. The van der Waals surface area contributed by atoms with Gasteiger partial charge in [-0.1, -0.05) is 47.5 Å². The first-order valence-electron chi connectivity index (χ1n) is 13.6. The number of rotatable bonds is 9. The van der Waals surface area contributed by atoms with Crippen LogP contribution in [0.25, 0.3) is 5.69 Å². The summed E-state index contributed by atoms with van der Waals surface area (Å²) in [7, 11) is -1.65. The molecule has 2 heterocycles. The number of aryl methyl sites for hydroxylation is 2. The van der Waals surface area contributed by atoms with E-state index in [-0.39, 0.29) is 23.7 Å². The highest BCUT2D eigenvalue weighted by Crippen LogP contribution is 2.33. The third-order valence-corrected chi connectivity index (χ3v) is 7.24. The van der Waals surface area contributed by atoms with E-state index in [4.69, 9.17) is 16.6 Å². The van der Waals surface area contributed by atoms with Gasteiger partial charge in [-0.3, -0.25) is 19.1 Å². The number of halogens is 1. The lowest BCUT2D eigenvalue weighted by atomic mass is 9.79. The molecule has 4 aromatic rings. The quantitative estimate of drug-likeness (QED) is 0.176. The molecule has 2 amide bonds. The largest absolute Gasteiger partial charge is 0.488 e. The van der Waals surface area contributed by atoms with Gasteiger partial charge >= 0.3 is 7.12 Å². The van der Waals surface area contributed by atoms with Crippen molar-refractivity contribution in [2.24, 2.45) is 4.99 Å². The minimum Gasteiger partial charge on any atom is -0.423 e. The zero-order valence-electron chi connectivity index (χ0n) is 23.2. The number of aromatic nitrogens is 3. The summed E-state index contributed by atoms with van der Waals surface area (Å²) in [6, 6.07) is 19.1. The number of benzene rings is 3. The third kappa shape index (κ3) is 6.43. The van der Waals surface area contributed by atoms with Crippen molar-refractivity contribution in [1.29, 1.82) is 0 Å². The van der Waals surface area contributed by atoms with Crippen molar-refractivity contribution in [2.75, 3.05) is 13.1 Å². The van der Waals surface area contributed by atoms with Crippen LogP contribution >= 0.6 is 11.6 Å². The zero-order valence-corrected chi connectivity index (χ0v) is 24.0. The van der Waals surface area contributed by atoms with E-state index in [0.29, 0.717) is 41.7 Å². The zero-order chi connectivity index (χ0) is 29.8. The van der Waals surface area contributed by atoms with E-state index in [1.165, 1.54) is 12.1 Å². The highest BCUT2D eigenvalue weighted by Gasteiger charge is 2.29. The molecular weight excluding hydrogens is 555 g/mol. The Bertz CT molecular complexity index is 1650. The normalized spacial score (nSPS) is 13.8. The summed E-state index contributed by atoms with van der Waals surface area (Å²) in [4.78, 5) is 30.6. The van der Waals surface area contributed by atoms with Crippen molar-refractivity contribution in [3.63, 3.8) is 0 Å². The van der Waals surface area contributed by atoms with E-state index in [0.717, 1.165) is 28.1 Å². The van der Waals surface area contributed by atoms with Crippen molar-refractivity contribution >= 4 is 41.7 Å². The number of carbonyl (C=O) groups is 2. The van der Waals surface area contributed by atoms with Gasteiger partial charge in [0.2, 0.25) is 5.91 Å². The molecule has 1 aliphatic rings. The Morgan fingerprint density at radius 1 is 0.976 bits per heavy atom. The lowest BCUT2D eigenvalue weighted by Gasteiger charge is -2.13. The molecule has 0 aliphatic carbocycles. The van der Waals surface area contributed by atoms with Gasteiger partial charge in [0.15, 0.2) is 5.82 Å². The van der Waals surface area contributed by atoms with Gasteiger partial charge in [-0.25, -0.2) is 0 Å². The predicted molar refractivity (Wildman–Crippen MR) is 162 cm³/mol. The van der Waals surface area contributed by atoms with Crippen LogP contribution in [-0.2, 0) is 4.79 Å². The van der Waals surface area contributed by atoms with E-state index >= 15 is 0 Å². The Hall–Kier alpha value is -4.32. The summed E-state index contributed by atoms with van der Waals surface area (Å²) < 4.78 is 1.96. The number of nitrogens with zero attached hydrogens (tertiary/aromatic N) is 4. The van der Waals surface area contributed by atoms with Gasteiger partial charge in [0, 0.05) is 34.8 Å². The lowest BCUT2D eigenvalue weighted by Crippen LogP contribution is -2.33. The van der Waals surface area contributed by atoms with Crippen LogP contribution in [0.15, 0.2) is 71.7 Å². The topological polar surface area (TPSA) is 142 Å². The molecular formula is C30H30BClN6O4. The second-order valence-corrected chi connectivity index (χ2v) is 10.6. The number of hydrogen-bond donors (Lipinski definition) is 4. The Morgan fingerprint density at radius 3 is 2.50 bits per heavy atom. The molecule has 0 radical (unpaired) electrons. The van der Waals surface area contributed by atoms with E-state index < -0.39 is 13.2 Å². The average molecular weight is 585 g/mol. The summed E-state index contributed by atoms with van der Waals surface area (Å²) in [6.45, 7) is 4.57. The van der Waals surface area contributed by atoms with Crippen molar-refractivity contribution in [2.45, 2.75) is 32.7 Å². The minimum atomic E-state index is -1.65. The summed E-state index contributed by atoms with van der Waals surface area (Å²) in [5.74, 6) is 0.738. The fraction of sp³-hybridized carbons (Fsp3) is 0.233. The van der Waals surface area contributed by atoms with Crippen LogP contribution in [0, 0.1) is 13.8 Å². The molecule has 1 aliphatic heterocycles. The first-order valence-corrected chi connectivity index (χ1v) is 14.0. The molecule has 1 atom stereocenters. The standard InChI is InChI=1S/C30H30BClN6O4/c1-18-7-12-26-24(15-18)28(20-8-10-23(32)11-9-20)35-25(29-37-36-19(2)38(26)29)17-27(39)33-13-4-14-34-30(40)21-5-3-6-22(16-21)31(41)42/h3,5-12,15-16,25,41-42H,4,13-14,17H2,1-2H3,(H,33,39)(H,34,40)/t25-/m0/s1. The predicted octanol–water partition coefficient (Wildman–Crippen LogP) is 2.44. The number of amides is 2. The Morgan fingerprint density at radius 2 is 1.74 bits per heavy atom. The van der Waals surface area contributed by atoms with Crippen molar-refractivity contribution in [3.8, 4) is 5.69 Å². The van der Waals surface area contributed by atoms with Gasteiger partial charge in [0.25, 0.3) is 5.91 Å². The molecule has 12 heteroatoms. The van der Waals surface area contributed by atoms with Crippen molar-refractivity contribution in [1.82, 2.24) is 25.4 Å². The smallest absolute Gasteiger partial charge is 0.423 e. The van der Waals surface area contributed by atoms with Crippen LogP contribution in [0.3, 0.4) is 0 Å². The van der Waals surface area contributed by atoms with E-state index in [9.17, 15) is 19.6 Å². The van der Waals surface area contributed by atoms with Crippen LogP contribution in [0.5, 0.6) is 0 Å². The first kappa shape index (κ1) is 29.2. The van der Waals surface area contributed by atoms with Gasteiger partial charge in [-0.05, 0) is 62.1 Å². The monoisotopic (exact) mass is 584 g/mol. The van der Waals surface area contributed by atoms with Crippen LogP contribution in [0.4, 0.5) is 0 Å². The van der Waals surface area contributed by atoms with E-state index in [1.54, 1.807) is 12.1 Å². The molecule has 1 aromatic heterocycles. The Labute approximate surface area is 248 Å². The van der Waals surface area contributed by atoms with E-state index in [2.05, 4.69) is 26.9 Å². The molecule has 0 unspecified atom stereocenters. The first-order chi connectivity index (χ1) is 20.2. The van der Waals surface area contributed by atoms with Crippen LogP contribution in [0.2, 0.25) is 5.02 Å². The van der Waals surface area contributed by atoms with Crippen molar-refractivity contribution < 1.29 is 19.6 Å². The molecule has 4 N–H and O–H groups in total. The van der Waals surface area contributed by atoms with Gasteiger partial charge in [-0.15, -0.1) is 10.2 Å². The fourth-order valence-electron chi connectivity index (χ4n) is 4.89. The maximum Gasteiger partial charge on any atom is 0.488 e. The number of hydrogen-bond acceptors (Lipinski definition) is 7. The molecule has 0 bridgehead atoms. The molecule has 42 heavy (non-hydrogen) atoms. The SMILES string of the molecule is Cc1ccc2c(c1)C(c1ccc(Cl)cc1)=N[C@@H](CC(=O)NCCCNC(=O)c1cccc(B(O)O)c1)c1nnc(C)n1-2. The second-order valence-electron chi connectivity index (χ2n) is 10.1. The van der Waals surface area contributed by atoms with Crippen molar-refractivity contribution in [3.05, 3.63) is 106 Å². The molecule has 5 rings (SSSR count). The third-order valence-electron chi connectivity index (χ3n) is 6.99. The van der Waals surface area contributed by atoms with Gasteiger partial charge in [0.1, 0.15) is 11.9 Å². The highest BCUT2D eigenvalue weighted by molar-refractivity contribution is 6.58. The van der Waals surface area contributed by atoms with Gasteiger partial charge < -0.3 is 20.7 Å². The van der Waals surface area contributed by atoms with E-state index in [1.807, 2.05) is 54.8 Å². The molecule has 0 fully saturated rings. The maximum absolute atomic E-state index is 13.1. The molecule has 10 nitrogen and oxygen atoms in total. The molecule has 0 saturated carbocycles. The fourth-order valence-corrected chi connectivity index (χ4v) is 5.02. The summed E-state index contributed by atoms with van der Waals surface area (Å²) >= 11 is 6.16. The van der Waals surface area contributed by atoms with Gasteiger partial charge in [0.05, 0.1) is 17.8 Å². The molecule has 3 aromatic carbocycles. The van der Waals surface area contributed by atoms with Crippen LogP contribution in [-0.4, -0.2) is 62.5 Å². The highest BCUT2D eigenvalue weighted by atomic mass is 35.5. The van der Waals surface area contributed by atoms with Crippen LogP contribution < -0.4 is 16.1 Å². The van der Waals surface area contributed by atoms with Gasteiger partial charge in [-0.2, -0.15) is 0 Å². The summed E-state index contributed by atoms with van der Waals surface area (Å²) in [6.07, 6.45) is 0.564. The molecule has 0 saturated heterocycles. The summed E-state index contributed by atoms with van der Waals surface area (Å²) in [5, 5.41) is 33.7. The number of carbonyl (C=O) groups excluding carboxylic acids is 2. The number of nitrogens with one attached hydrogen (secondary N) is 2. The Balaban J connectivity index is 1.28. The minimum absolute atomic E-state index is 0.0603. The maximum atomic E-state index is 13.1. The van der Waals surface area contributed by atoms with Crippen LogP contribution in [0.1, 0.15) is 57.6 Å².